The van der Waals surface area contributed by atoms with Gasteiger partial charge in [-0.2, -0.15) is 0 Å². The van der Waals surface area contributed by atoms with Gasteiger partial charge in [-0.1, -0.05) is 0 Å². The molecule has 3 fully saturated rings. The summed E-state index contributed by atoms with van der Waals surface area (Å²) >= 11 is 0. The third-order valence-electron chi connectivity index (χ3n) is 8.25. The molecule has 0 aliphatic carbocycles. The van der Waals surface area contributed by atoms with Crippen molar-refractivity contribution in [2.45, 2.75) is 123 Å². The molecule has 0 saturated carbocycles. The molecule has 3 aliphatic rings. The molecule has 22 nitrogen and oxygen atoms in total. The lowest BCUT2D eigenvalue weighted by Crippen LogP contribution is -2.68. The predicted octanol–water partition coefficient (Wildman–Crippen LogP) is -9.97. The lowest BCUT2D eigenvalue weighted by molar-refractivity contribution is -0.379. The maximum atomic E-state index is 11.8. The van der Waals surface area contributed by atoms with Crippen LogP contribution in [0.4, 0.5) is 0 Å². The van der Waals surface area contributed by atoms with E-state index in [2.05, 4.69) is 5.32 Å². The van der Waals surface area contributed by atoms with Crippen LogP contribution < -0.4 is 5.32 Å². The number of hydrogen-bond acceptors (Lipinski definition) is 21. The molecule has 0 radical (unpaired) electrons. The van der Waals surface area contributed by atoms with Crippen molar-refractivity contribution in [3.63, 3.8) is 0 Å². The number of aliphatic hydroxyl groups is 14. The van der Waals surface area contributed by atoms with E-state index in [1.807, 2.05) is 0 Å². The van der Waals surface area contributed by atoms with Crippen LogP contribution in [0, 0.1) is 0 Å². The summed E-state index contributed by atoms with van der Waals surface area (Å²) in [6.07, 6.45) is -33.1. The zero-order chi connectivity index (χ0) is 36.0. The summed E-state index contributed by atoms with van der Waals surface area (Å²) < 4.78 is 33.1. The van der Waals surface area contributed by atoms with Crippen molar-refractivity contribution in [1.82, 2.24) is 5.32 Å². The van der Waals surface area contributed by atoms with Crippen LogP contribution in [0.1, 0.15) is 6.92 Å². The van der Waals surface area contributed by atoms with Crippen LogP contribution >= 0.6 is 0 Å². The topological polar surface area (TPSA) is 368 Å². The van der Waals surface area contributed by atoms with Gasteiger partial charge in [0, 0.05) is 6.92 Å². The Morgan fingerprint density at radius 2 is 1.15 bits per heavy atom. The normalized spacial score (nSPS) is 43.3. The van der Waals surface area contributed by atoms with Gasteiger partial charge >= 0.3 is 0 Å². The van der Waals surface area contributed by atoms with Crippen molar-refractivity contribution >= 4 is 5.91 Å². The smallest absolute Gasteiger partial charge is 0.217 e. The summed E-state index contributed by atoms with van der Waals surface area (Å²) in [7, 11) is 0. The van der Waals surface area contributed by atoms with Gasteiger partial charge in [-0.15, -0.1) is 0 Å². The van der Waals surface area contributed by atoms with Crippen molar-refractivity contribution < 1.29 is 105 Å². The van der Waals surface area contributed by atoms with Crippen molar-refractivity contribution in [2.24, 2.45) is 0 Å². The first kappa shape index (κ1) is 41.1. The summed E-state index contributed by atoms with van der Waals surface area (Å²) in [5.74, 6) is -0.702. The molecule has 0 unspecified atom stereocenters. The van der Waals surface area contributed by atoms with E-state index in [4.69, 9.17) is 33.5 Å². The summed E-state index contributed by atoms with van der Waals surface area (Å²) in [5, 5.41) is 145. The fourth-order valence-corrected chi connectivity index (χ4v) is 5.54. The minimum atomic E-state index is -2.10. The third-order valence-corrected chi connectivity index (χ3v) is 8.25. The summed E-state index contributed by atoms with van der Waals surface area (Å²) in [4.78, 5) is 11.8. The van der Waals surface area contributed by atoms with Gasteiger partial charge in [0.05, 0.1) is 33.0 Å². The fraction of sp³-hybridized carbons (Fsp3) is 0.962. The van der Waals surface area contributed by atoms with Gasteiger partial charge in [0.2, 0.25) is 5.91 Å². The van der Waals surface area contributed by atoms with Gasteiger partial charge < -0.3 is 105 Å². The average Bonchev–Trinajstić information content (AvgIpc) is 3.07. The van der Waals surface area contributed by atoms with Crippen LogP contribution in [0.3, 0.4) is 0 Å². The number of rotatable bonds is 15. The molecular weight excluding hydrogens is 662 g/mol. The minimum absolute atomic E-state index is 0.702. The molecule has 1 amide bonds. The highest BCUT2D eigenvalue weighted by molar-refractivity contribution is 5.73. The van der Waals surface area contributed by atoms with Crippen LogP contribution in [0.2, 0.25) is 0 Å². The van der Waals surface area contributed by atoms with Crippen LogP contribution in [-0.4, -0.2) is 227 Å². The number of carbonyl (C=O) groups excluding carboxylic acids is 1. The molecule has 282 valence electrons. The largest absolute Gasteiger partial charge is 0.394 e. The Hall–Kier alpha value is -1.33. The summed E-state index contributed by atoms with van der Waals surface area (Å²) in [6, 6.07) is -1.50. The van der Waals surface area contributed by atoms with Gasteiger partial charge in [-0.05, 0) is 0 Å². The number of amides is 1. The van der Waals surface area contributed by atoms with E-state index >= 15 is 0 Å². The second-order valence-corrected chi connectivity index (χ2v) is 11.6. The first-order chi connectivity index (χ1) is 22.6. The van der Waals surface area contributed by atoms with Gasteiger partial charge in [0.25, 0.3) is 0 Å². The standard InChI is InChI=1S/C26H47NO21/c1-7(33)27-13-17(39)15(37)10(4-30)43-24(13)48-23-16(38)11(5-31)44-26(20(23)42)47-22-12(6-32)45-25(19(41)18(22)40)46-21(9(35)3-29)14(36)8(34)2-28/h8-26,28-32,34-42H,2-6H2,1H3,(H,27,33)/t8-,9+,10+,11+,12+,13+,14+,15-,16-,17+,18+,19+,20+,21+,22-,23-,24-,25-,26+/m0/s1. The maximum absolute atomic E-state index is 11.8. The van der Waals surface area contributed by atoms with Crippen LogP contribution in [0.25, 0.3) is 0 Å². The highest BCUT2D eigenvalue weighted by Gasteiger charge is 2.54. The quantitative estimate of drug-likeness (QED) is 0.0750. The molecule has 0 aromatic carbocycles. The molecule has 19 atom stereocenters. The number of hydrogen-bond donors (Lipinski definition) is 15. The van der Waals surface area contributed by atoms with Crippen molar-refractivity contribution in [2.75, 3.05) is 33.0 Å². The first-order valence-electron chi connectivity index (χ1n) is 15.0. The van der Waals surface area contributed by atoms with Crippen molar-refractivity contribution in [1.29, 1.82) is 0 Å². The van der Waals surface area contributed by atoms with E-state index in [0.29, 0.717) is 0 Å². The lowest BCUT2D eigenvalue weighted by atomic mass is 9.95. The average molecular weight is 710 g/mol. The zero-order valence-corrected chi connectivity index (χ0v) is 25.6. The maximum Gasteiger partial charge on any atom is 0.217 e. The van der Waals surface area contributed by atoms with Gasteiger partial charge in [-0.25, -0.2) is 0 Å². The predicted molar refractivity (Wildman–Crippen MR) is 148 cm³/mol. The van der Waals surface area contributed by atoms with Crippen LogP contribution in [-0.2, 0) is 33.2 Å². The second-order valence-electron chi connectivity index (χ2n) is 11.6. The Kier molecular flexibility index (Phi) is 15.6. The Balaban J connectivity index is 1.82. The molecule has 48 heavy (non-hydrogen) atoms. The van der Waals surface area contributed by atoms with E-state index in [0.717, 1.165) is 6.92 Å². The number of carbonyl (C=O) groups is 1. The molecular formula is C26H47NO21. The number of ether oxygens (including phenoxy) is 6. The molecule has 15 N–H and O–H groups in total. The van der Waals surface area contributed by atoms with Crippen molar-refractivity contribution in [3.05, 3.63) is 0 Å². The van der Waals surface area contributed by atoms with Gasteiger partial charge in [0.15, 0.2) is 18.9 Å². The van der Waals surface area contributed by atoms with Gasteiger partial charge in [-0.3, -0.25) is 4.79 Å². The molecule has 22 heteroatoms. The monoisotopic (exact) mass is 709 g/mol. The first-order valence-corrected chi connectivity index (χ1v) is 15.0. The van der Waals surface area contributed by atoms with E-state index in [-0.39, 0.29) is 0 Å². The van der Waals surface area contributed by atoms with Gasteiger partial charge in [0.1, 0.15) is 97.6 Å². The number of nitrogens with one attached hydrogen (secondary N) is 1. The zero-order valence-electron chi connectivity index (χ0n) is 25.6. The highest BCUT2D eigenvalue weighted by Crippen LogP contribution is 2.33. The number of aliphatic hydroxyl groups excluding tert-OH is 14. The summed E-state index contributed by atoms with van der Waals surface area (Å²) in [6.45, 7) is -3.62. The van der Waals surface area contributed by atoms with Crippen molar-refractivity contribution in [3.8, 4) is 0 Å². The SMILES string of the molecule is CC(=O)N[C@H]1[C@H](O[C@H]2[C@@H](O)[C@@H](CO)O[C@H](O[C@@H]3[C@H](O)[C@@H](O)[C@H](O[C@@H]([C@H](O)[C@@H](O)CO)[C@H](O)CO)O[C@@H]3CO)[C@@H]2O)O[C@H](CO)[C@H](O)[C@@H]1O. The Morgan fingerprint density at radius 1 is 0.625 bits per heavy atom. The molecule has 0 spiro atoms. The van der Waals surface area contributed by atoms with E-state index < -0.39 is 155 Å². The van der Waals surface area contributed by atoms with E-state index in [9.17, 15) is 71.2 Å². The van der Waals surface area contributed by atoms with E-state index in [1.54, 1.807) is 0 Å². The fourth-order valence-electron chi connectivity index (χ4n) is 5.54. The molecule has 3 aliphatic heterocycles. The molecule has 0 aromatic rings. The Bertz CT molecular complexity index is 982. The summed E-state index contributed by atoms with van der Waals surface area (Å²) in [5.41, 5.74) is 0. The Morgan fingerprint density at radius 3 is 1.69 bits per heavy atom. The Labute approximate surface area is 272 Å². The molecule has 3 rings (SSSR count). The van der Waals surface area contributed by atoms with E-state index in [1.165, 1.54) is 0 Å². The third kappa shape index (κ3) is 9.12. The molecule has 3 heterocycles. The molecule has 3 saturated heterocycles. The molecule has 0 aromatic heterocycles. The van der Waals surface area contributed by atoms with Crippen LogP contribution in [0.5, 0.6) is 0 Å². The minimum Gasteiger partial charge on any atom is -0.394 e. The second kappa shape index (κ2) is 18.2. The molecule has 0 bridgehead atoms. The lowest BCUT2D eigenvalue weighted by Gasteiger charge is -2.49. The van der Waals surface area contributed by atoms with Crippen LogP contribution in [0.15, 0.2) is 0 Å². The highest BCUT2D eigenvalue weighted by atomic mass is 16.8.